The maximum atomic E-state index is 12.9. The molecule has 1 atom stereocenters. The Bertz CT molecular complexity index is 901. The number of likely N-dealkylation sites (tertiary alicyclic amines) is 1. The molecule has 1 N–H and O–H groups in total. The number of alkyl halides is 3. The summed E-state index contributed by atoms with van der Waals surface area (Å²) in [6.45, 7) is 0.904. The van der Waals surface area contributed by atoms with Gasteiger partial charge in [0.05, 0.1) is 11.5 Å². The lowest BCUT2D eigenvalue weighted by molar-refractivity contribution is -0.137. The Balaban J connectivity index is 1.62. The summed E-state index contributed by atoms with van der Waals surface area (Å²) in [5.74, 6) is -1.09. The van der Waals surface area contributed by atoms with Crippen molar-refractivity contribution in [2.45, 2.75) is 25.6 Å². The fourth-order valence-corrected chi connectivity index (χ4v) is 3.58. The molecule has 2 aromatic carbocycles. The first-order chi connectivity index (χ1) is 13.7. The molecule has 0 saturated carbocycles. The molecule has 0 aliphatic carbocycles. The molecule has 0 spiro atoms. The number of piperidine rings is 1. The quantitative estimate of drug-likeness (QED) is 0.784. The van der Waals surface area contributed by atoms with E-state index < -0.39 is 23.6 Å². The Morgan fingerprint density at radius 3 is 2.62 bits per heavy atom. The van der Waals surface area contributed by atoms with Gasteiger partial charge in [-0.1, -0.05) is 29.8 Å². The van der Waals surface area contributed by atoms with Gasteiger partial charge >= 0.3 is 6.18 Å². The normalized spacial score (nSPS) is 17.1. The van der Waals surface area contributed by atoms with Crippen LogP contribution in [0.5, 0.6) is 0 Å². The van der Waals surface area contributed by atoms with Crippen LogP contribution in [-0.4, -0.2) is 29.8 Å². The third-order valence-corrected chi connectivity index (χ3v) is 5.11. The van der Waals surface area contributed by atoms with E-state index in [1.165, 1.54) is 17.0 Å². The molecule has 1 aliphatic heterocycles. The van der Waals surface area contributed by atoms with Crippen molar-refractivity contribution in [1.29, 1.82) is 0 Å². The fourth-order valence-electron chi connectivity index (χ4n) is 3.37. The van der Waals surface area contributed by atoms with Crippen LogP contribution in [0.3, 0.4) is 0 Å². The van der Waals surface area contributed by atoms with Crippen LogP contribution in [0.25, 0.3) is 0 Å². The molecule has 0 bridgehead atoms. The maximum absolute atomic E-state index is 12.9. The average Bonchev–Trinajstić information content (AvgIpc) is 2.71. The molecule has 0 unspecified atom stereocenters. The Hall–Kier alpha value is -2.54. The number of carbonyl (C=O) groups excluding carboxylic acids is 2. The highest BCUT2D eigenvalue weighted by molar-refractivity contribution is 6.30. The van der Waals surface area contributed by atoms with Crippen LogP contribution in [0.1, 0.15) is 34.3 Å². The summed E-state index contributed by atoms with van der Waals surface area (Å²) in [6, 6.07) is 11.5. The van der Waals surface area contributed by atoms with Crippen molar-refractivity contribution in [3.05, 3.63) is 70.2 Å². The highest BCUT2D eigenvalue weighted by Crippen LogP contribution is 2.30. The van der Waals surface area contributed by atoms with Gasteiger partial charge in [-0.15, -0.1) is 0 Å². The zero-order chi connectivity index (χ0) is 21.0. The summed E-state index contributed by atoms with van der Waals surface area (Å²) in [5, 5.41) is 3.42. The van der Waals surface area contributed by atoms with Crippen LogP contribution < -0.4 is 5.32 Å². The lowest BCUT2D eigenvalue weighted by Gasteiger charge is -2.32. The first kappa shape index (κ1) is 21.2. The molecule has 2 amide bonds. The van der Waals surface area contributed by atoms with E-state index in [4.69, 9.17) is 11.6 Å². The van der Waals surface area contributed by atoms with Gasteiger partial charge in [0.25, 0.3) is 5.91 Å². The van der Waals surface area contributed by atoms with Crippen LogP contribution in [0.4, 0.5) is 13.2 Å². The van der Waals surface area contributed by atoms with Gasteiger partial charge in [-0.25, -0.2) is 0 Å². The molecule has 154 valence electrons. The second kappa shape index (κ2) is 8.86. The highest BCUT2D eigenvalue weighted by Gasteiger charge is 2.33. The molecular weight excluding hydrogens is 405 g/mol. The smallest absolute Gasteiger partial charge is 0.352 e. The number of rotatable bonds is 4. The van der Waals surface area contributed by atoms with Gasteiger partial charge in [-0.3, -0.25) is 9.59 Å². The van der Waals surface area contributed by atoms with Gasteiger partial charge in [0.15, 0.2) is 0 Å². The lowest BCUT2D eigenvalue weighted by atomic mass is 9.96. The molecule has 1 heterocycles. The lowest BCUT2D eigenvalue weighted by Crippen LogP contribution is -2.45. The minimum Gasteiger partial charge on any atom is -0.352 e. The Morgan fingerprint density at radius 2 is 1.90 bits per heavy atom. The summed E-state index contributed by atoms with van der Waals surface area (Å²) in [7, 11) is 0. The van der Waals surface area contributed by atoms with Crippen molar-refractivity contribution in [3.63, 3.8) is 0 Å². The van der Waals surface area contributed by atoms with Gasteiger partial charge in [0.1, 0.15) is 0 Å². The molecule has 0 aromatic heterocycles. The second-order valence-electron chi connectivity index (χ2n) is 7.02. The van der Waals surface area contributed by atoms with Crippen molar-refractivity contribution in [1.82, 2.24) is 10.2 Å². The standard InChI is InChI=1S/C21H20ClF3N2O2/c22-18-8-1-4-14(10-18)12-26-19(28)16-6-3-9-27(13-16)20(29)15-5-2-7-17(11-15)21(23,24)25/h1-2,4-5,7-8,10-11,16H,3,6,9,12-13H2,(H,26,28)/t16-/m1/s1. The van der Waals surface area contributed by atoms with E-state index in [1.807, 2.05) is 6.07 Å². The van der Waals surface area contributed by atoms with Crippen LogP contribution >= 0.6 is 11.6 Å². The number of hydrogen-bond donors (Lipinski definition) is 1. The van der Waals surface area contributed by atoms with Gasteiger partial charge in [0.2, 0.25) is 5.91 Å². The monoisotopic (exact) mass is 424 g/mol. The summed E-state index contributed by atoms with van der Waals surface area (Å²) < 4.78 is 38.7. The minimum absolute atomic E-state index is 0.0280. The van der Waals surface area contributed by atoms with Crippen LogP contribution in [0.15, 0.2) is 48.5 Å². The van der Waals surface area contributed by atoms with E-state index in [2.05, 4.69) is 5.32 Å². The van der Waals surface area contributed by atoms with Gasteiger partial charge in [-0.2, -0.15) is 13.2 Å². The topological polar surface area (TPSA) is 49.4 Å². The predicted octanol–water partition coefficient (Wildman–Crippen LogP) is 4.53. The molecule has 0 radical (unpaired) electrons. The van der Waals surface area contributed by atoms with Crippen LogP contribution in [-0.2, 0) is 17.5 Å². The number of halogens is 4. The van der Waals surface area contributed by atoms with E-state index in [0.29, 0.717) is 31.0 Å². The van der Waals surface area contributed by atoms with Gasteiger partial charge < -0.3 is 10.2 Å². The third kappa shape index (κ3) is 5.50. The van der Waals surface area contributed by atoms with Gasteiger partial charge in [-0.05, 0) is 48.7 Å². The fraction of sp³-hybridized carbons (Fsp3) is 0.333. The highest BCUT2D eigenvalue weighted by atomic mass is 35.5. The van der Waals surface area contributed by atoms with E-state index >= 15 is 0 Å². The molecule has 3 rings (SSSR count). The molecule has 8 heteroatoms. The molecule has 1 fully saturated rings. The molecule has 1 aliphatic rings. The first-order valence-electron chi connectivity index (χ1n) is 9.23. The van der Waals surface area contributed by atoms with E-state index in [9.17, 15) is 22.8 Å². The number of benzene rings is 2. The number of carbonyl (C=O) groups is 2. The molecule has 2 aromatic rings. The maximum Gasteiger partial charge on any atom is 0.416 e. The van der Waals surface area contributed by atoms with Crippen molar-refractivity contribution in [3.8, 4) is 0 Å². The van der Waals surface area contributed by atoms with E-state index in [1.54, 1.807) is 18.2 Å². The van der Waals surface area contributed by atoms with Crippen molar-refractivity contribution < 1.29 is 22.8 Å². The van der Waals surface area contributed by atoms with Crippen LogP contribution in [0.2, 0.25) is 5.02 Å². The molecule has 4 nitrogen and oxygen atoms in total. The van der Waals surface area contributed by atoms with Crippen molar-refractivity contribution in [2.75, 3.05) is 13.1 Å². The minimum atomic E-state index is -4.51. The second-order valence-corrected chi connectivity index (χ2v) is 7.45. The van der Waals surface area contributed by atoms with Crippen LogP contribution in [0, 0.1) is 5.92 Å². The molecule has 1 saturated heterocycles. The SMILES string of the molecule is O=C(NCc1cccc(Cl)c1)[C@@H]1CCCN(C(=O)c2cccc(C(F)(F)F)c2)C1. The summed E-state index contributed by atoms with van der Waals surface area (Å²) in [5.41, 5.74) is -0.0328. The predicted molar refractivity (Wildman–Crippen MR) is 103 cm³/mol. The Morgan fingerprint density at radius 1 is 1.14 bits per heavy atom. The number of nitrogens with zero attached hydrogens (tertiary/aromatic N) is 1. The first-order valence-corrected chi connectivity index (χ1v) is 9.60. The number of hydrogen-bond acceptors (Lipinski definition) is 2. The van der Waals surface area contributed by atoms with E-state index in [0.717, 1.165) is 17.7 Å². The molecular formula is C21H20ClF3N2O2. The Kier molecular flexibility index (Phi) is 6.47. The summed E-state index contributed by atoms with van der Waals surface area (Å²) in [6.07, 6.45) is -3.28. The molecule has 29 heavy (non-hydrogen) atoms. The summed E-state index contributed by atoms with van der Waals surface area (Å²) in [4.78, 5) is 26.6. The number of nitrogens with one attached hydrogen (secondary N) is 1. The Labute approximate surface area is 171 Å². The van der Waals surface area contributed by atoms with Gasteiger partial charge in [0, 0.05) is 30.2 Å². The van der Waals surface area contributed by atoms with Crippen molar-refractivity contribution in [2.24, 2.45) is 5.92 Å². The number of amides is 2. The van der Waals surface area contributed by atoms with Crippen molar-refractivity contribution >= 4 is 23.4 Å². The van der Waals surface area contributed by atoms with E-state index in [-0.39, 0.29) is 18.0 Å². The summed E-state index contributed by atoms with van der Waals surface area (Å²) >= 11 is 5.93. The third-order valence-electron chi connectivity index (χ3n) is 4.87. The largest absolute Gasteiger partial charge is 0.416 e. The zero-order valence-electron chi connectivity index (χ0n) is 15.5. The zero-order valence-corrected chi connectivity index (χ0v) is 16.3. The average molecular weight is 425 g/mol.